The summed E-state index contributed by atoms with van der Waals surface area (Å²) < 4.78 is 0. The zero-order chi connectivity index (χ0) is 8.39. The zero-order valence-corrected chi connectivity index (χ0v) is 7.33. The number of hydrogen-bond donors (Lipinski definition) is 1. The average molecular weight is 168 g/mol. The number of allylic oxidation sites excluding steroid dienone is 1. The van der Waals surface area contributed by atoms with Crippen molar-refractivity contribution in [1.29, 1.82) is 0 Å². The van der Waals surface area contributed by atoms with Crippen LogP contribution in [0.25, 0.3) is 0 Å². The van der Waals surface area contributed by atoms with Gasteiger partial charge in [-0.05, 0) is 37.2 Å². The Kier molecular flexibility index (Phi) is 2.47. The Morgan fingerprint density at radius 3 is 2.67 bits per heavy atom. The molecule has 0 heterocycles. The van der Waals surface area contributed by atoms with Crippen molar-refractivity contribution in [2.24, 2.45) is 5.92 Å². The maximum Gasteiger partial charge on any atom is 0.114 e. The van der Waals surface area contributed by atoms with Crippen LogP contribution in [0.1, 0.15) is 38.5 Å². The summed E-state index contributed by atoms with van der Waals surface area (Å²) in [5, 5.41) is 8.66. The quantitative estimate of drug-likeness (QED) is 0.390. The number of hydrogen-bond acceptors (Lipinski definition) is 2. The highest BCUT2D eigenvalue weighted by Crippen LogP contribution is 2.37. The van der Waals surface area contributed by atoms with Crippen molar-refractivity contribution >= 4 is 0 Å². The van der Waals surface area contributed by atoms with E-state index in [0.717, 1.165) is 12.8 Å². The van der Waals surface area contributed by atoms with Gasteiger partial charge >= 0.3 is 0 Å². The molecule has 0 amide bonds. The molecule has 0 aromatic heterocycles. The molecule has 1 N–H and O–H groups in total. The number of rotatable bonds is 2. The van der Waals surface area contributed by atoms with Gasteiger partial charge in [-0.15, -0.1) is 0 Å². The van der Waals surface area contributed by atoms with E-state index >= 15 is 0 Å². The first kappa shape index (κ1) is 8.27. The highest BCUT2D eigenvalue weighted by molar-refractivity contribution is 5.18. The highest BCUT2D eigenvalue weighted by atomic mass is 17.1. The fourth-order valence-corrected chi connectivity index (χ4v) is 2.50. The molecule has 12 heavy (non-hydrogen) atoms. The van der Waals surface area contributed by atoms with E-state index in [0.29, 0.717) is 5.92 Å². The summed E-state index contributed by atoms with van der Waals surface area (Å²) in [4.78, 5) is 4.47. The van der Waals surface area contributed by atoms with E-state index < -0.39 is 0 Å². The topological polar surface area (TPSA) is 29.5 Å². The average Bonchev–Trinajstić information content (AvgIpc) is 2.74. The molecule has 0 aromatic rings. The third-order valence-electron chi connectivity index (χ3n) is 3.13. The summed E-state index contributed by atoms with van der Waals surface area (Å²) in [6.45, 7) is 0. The summed E-state index contributed by atoms with van der Waals surface area (Å²) in [6.07, 6.45) is 9.63. The fourth-order valence-electron chi connectivity index (χ4n) is 2.50. The van der Waals surface area contributed by atoms with Gasteiger partial charge in [-0.1, -0.05) is 18.9 Å². The van der Waals surface area contributed by atoms with Crippen molar-refractivity contribution in [2.75, 3.05) is 0 Å². The fraction of sp³-hybridized carbons (Fsp3) is 0.800. The van der Waals surface area contributed by atoms with Crippen molar-refractivity contribution in [3.63, 3.8) is 0 Å². The molecule has 1 saturated carbocycles. The van der Waals surface area contributed by atoms with E-state index in [9.17, 15) is 0 Å². The molecule has 1 atom stereocenters. The van der Waals surface area contributed by atoms with Gasteiger partial charge in [0, 0.05) is 0 Å². The van der Waals surface area contributed by atoms with E-state index in [1.165, 1.54) is 31.3 Å². The van der Waals surface area contributed by atoms with Crippen molar-refractivity contribution in [3.05, 3.63) is 11.6 Å². The second kappa shape index (κ2) is 3.58. The van der Waals surface area contributed by atoms with E-state index in [2.05, 4.69) is 11.0 Å². The second-order valence-corrected chi connectivity index (χ2v) is 3.86. The van der Waals surface area contributed by atoms with Gasteiger partial charge in [-0.3, -0.25) is 5.26 Å². The minimum absolute atomic E-state index is 0.0214. The molecule has 2 rings (SSSR count). The van der Waals surface area contributed by atoms with Gasteiger partial charge in [0.25, 0.3) is 0 Å². The molecule has 0 saturated heterocycles. The monoisotopic (exact) mass is 168 g/mol. The first-order valence-electron chi connectivity index (χ1n) is 4.92. The van der Waals surface area contributed by atoms with Crippen molar-refractivity contribution in [3.8, 4) is 0 Å². The van der Waals surface area contributed by atoms with Crippen LogP contribution in [0.5, 0.6) is 0 Å². The third-order valence-corrected chi connectivity index (χ3v) is 3.13. The van der Waals surface area contributed by atoms with Crippen LogP contribution < -0.4 is 0 Å². The molecule has 0 aromatic carbocycles. The lowest BCUT2D eigenvalue weighted by Gasteiger charge is -2.16. The van der Waals surface area contributed by atoms with E-state index in [1.54, 1.807) is 0 Å². The summed E-state index contributed by atoms with van der Waals surface area (Å²) in [5.74, 6) is 0.713. The second-order valence-electron chi connectivity index (χ2n) is 3.86. The van der Waals surface area contributed by atoms with Crippen LogP contribution in [0, 0.1) is 5.92 Å². The van der Waals surface area contributed by atoms with Gasteiger partial charge < -0.3 is 0 Å². The molecule has 2 aliphatic carbocycles. The summed E-state index contributed by atoms with van der Waals surface area (Å²) in [6, 6.07) is 0. The van der Waals surface area contributed by atoms with Crippen LogP contribution >= 0.6 is 0 Å². The first-order chi connectivity index (χ1) is 5.92. The van der Waals surface area contributed by atoms with Crippen LogP contribution in [0.2, 0.25) is 0 Å². The van der Waals surface area contributed by atoms with Crippen LogP contribution in [-0.4, -0.2) is 11.4 Å². The lowest BCUT2D eigenvalue weighted by molar-refractivity contribution is -0.269. The standard InChI is InChI=1S/C10H16O2/c11-12-10-7-3-6-9(10)8-4-1-2-5-8/h6,8,10-11H,1-5,7H2. The molecule has 2 aliphatic rings. The van der Waals surface area contributed by atoms with Crippen molar-refractivity contribution in [1.82, 2.24) is 0 Å². The molecular weight excluding hydrogens is 152 g/mol. The Bertz CT molecular complexity index is 180. The smallest absolute Gasteiger partial charge is 0.114 e. The Labute approximate surface area is 73.2 Å². The van der Waals surface area contributed by atoms with Crippen LogP contribution in [-0.2, 0) is 4.89 Å². The lowest BCUT2D eigenvalue weighted by atomic mass is 9.95. The van der Waals surface area contributed by atoms with Gasteiger partial charge in [0.1, 0.15) is 6.10 Å². The lowest BCUT2D eigenvalue weighted by Crippen LogP contribution is -2.14. The molecule has 2 nitrogen and oxygen atoms in total. The van der Waals surface area contributed by atoms with Crippen LogP contribution in [0.3, 0.4) is 0 Å². The van der Waals surface area contributed by atoms with E-state index in [-0.39, 0.29) is 6.10 Å². The molecule has 0 bridgehead atoms. The molecule has 0 spiro atoms. The van der Waals surface area contributed by atoms with Gasteiger partial charge in [-0.25, -0.2) is 4.89 Å². The van der Waals surface area contributed by atoms with Gasteiger partial charge in [0.2, 0.25) is 0 Å². The van der Waals surface area contributed by atoms with Crippen molar-refractivity contribution in [2.45, 2.75) is 44.6 Å². The first-order valence-corrected chi connectivity index (χ1v) is 4.92. The molecule has 1 unspecified atom stereocenters. The normalized spacial score (nSPS) is 31.1. The Balaban J connectivity index is 2.01. The van der Waals surface area contributed by atoms with E-state index in [1.807, 2.05) is 0 Å². The van der Waals surface area contributed by atoms with Gasteiger partial charge in [-0.2, -0.15) is 0 Å². The van der Waals surface area contributed by atoms with Crippen LogP contribution in [0.15, 0.2) is 11.6 Å². The van der Waals surface area contributed by atoms with Crippen LogP contribution in [0.4, 0.5) is 0 Å². The maximum absolute atomic E-state index is 8.66. The Hall–Kier alpha value is -0.340. The van der Waals surface area contributed by atoms with Crippen molar-refractivity contribution < 1.29 is 10.1 Å². The maximum atomic E-state index is 8.66. The van der Waals surface area contributed by atoms with E-state index in [4.69, 9.17) is 5.26 Å². The SMILES string of the molecule is OOC1CCC=C1C1CCCC1. The van der Waals surface area contributed by atoms with Gasteiger partial charge in [0.15, 0.2) is 0 Å². The molecule has 0 radical (unpaired) electrons. The third kappa shape index (κ3) is 1.41. The summed E-state index contributed by atoms with van der Waals surface area (Å²) in [7, 11) is 0. The van der Waals surface area contributed by atoms with Gasteiger partial charge in [0.05, 0.1) is 0 Å². The summed E-state index contributed by atoms with van der Waals surface area (Å²) in [5.41, 5.74) is 1.37. The molecule has 68 valence electrons. The zero-order valence-electron chi connectivity index (χ0n) is 7.33. The Morgan fingerprint density at radius 2 is 2.00 bits per heavy atom. The minimum atomic E-state index is 0.0214. The Morgan fingerprint density at radius 1 is 1.25 bits per heavy atom. The minimum Gasteiger partial charge on any atom is -0.251 e. The predicted molar refractivity (Wildman–Crippen MR) is 46.8 cm³/mol. The highest BCUT2D eigenvalue weighted by Gasteiger charge is 2.28. The largest absolute Gasteiger partial charge is 0.251 e. The summed E-state index contributed by atoms with van der Waals surface area (Å²) >= 11 is 0. The molecule has 1 fully saturated rings. The molecule has 0 aliphatic heterocycles. The molecule has 2 heteroatoms. The molecular formula is C10H16O2. The predicted octanol–water partition coefficient (Wildman–Crippen LogP) is 2.76.